The number of Topliss-reactive ketones (excluding diaryl/α,β-unsaturated/α-hetero) is 1. The number of aromatic nitrogens is 3. The molecule has 0 unspecified atom stereocenters. The topological polar surface area (TPSA) is 86.1 Å². The van der Waals surface area contributed by atoms with E-state index in [4.69, 9.17) is 4.74 Å². The molecule has 1 heterocycles. The molecule has 1 aromatic heterocycles. The monoisotopic (exact) mass is 396 g/mol. The SMILES string of the molecule is COc1ccccc1-c1nnc(SCC(=O)Nc2cccc(C(C)=O)c2)n1C. The number of rotatable bonds is 7. The number of methoxy groups -OCH3 is 1. The molecule has 2 aromatic carbocycles. The molecule has 3 aromatic rings. The summed E-state index contributed by atoms with van der Waals surface area (Å²) in [6, 6.07) is 14.4. The Morgan fingerprint density at radius 2 is 1.93 bits per heavy atom. The fourth-order valence-electron chi connectivity index (χ4n) is 2.65. The smallest absolute Gasteiger partial charge is 0.234 e. The number of nitrogens with one attached hydrogen (secondary N) is 1. The minimum Gasteiger partial charge on any atom is -0.496 e. The number of hydrogen-bond acceptors (Lipinski definition) is 6. The Morgan fingerprint density at radius 3 is 2.68 bits per heavy atom. The van der Waals surface area contributed by atoms with E-state index in [1.165, 1.54) is 18.7 Å². The van der Waals surface area contributed by atoms with Crippen LogP contribution in [0.15, 0.2) is 53.7 Å². The lowest BCUT2D eigenvalue weighted by atomic mass is 10.1. The van der Waals surface area contributed by atoms with Crippen molar-refractivity contribution in [2.75, 3.05) is 18.2 Å². The molecule has 0 aliphatic heterocycles. The Morgan fingerprint density at radius 1 is 1.14 bits per heavy atom. The number of nitrogens with zero attached hydrogens (tertiary/aromatic N) is 3. The van der Waals surface area contributed by atoms with E-state index in [1.807, 2.05) is 35.9 Å². The van der Waals surface area contributed by atoms with Gasteiger partial charge in [0.05, 0.1) is 18.4 Å². The van der Waals surface area contributed by atoms with E-state index in [0.717, 1.165) is 5.56 Å². The van der Waals surface area contributed by atoms with Crippen LogP contribution in [0.25, 0.3) is 11.4 Å². The molecule has 0 aliphatic carbocycles. The van der Waals surface area contributed by atoms with Gasteiger partial charge in [-0.05, 0) is 31.2 Å². The third-order valence-electron chi connectivity index (χ3n) is 4.07. The van der Waals surface area contributed by atoms with E-state index in [-0.39, 0.29) is 17.4 Å². The molecule has 28 heavy (non-hydrogen) atoms. The molecule has 0 aliphatic rings. The van der Waals surface area contributed by atoms with Gasteiger partial charge in [-0.25, -0.2) is 0 Å². The molecule has 0 bridgehead atoms. The molecule has 1 N–H and O–H groups in total. The molecule has 144 valence electrons. The van der Waals surface area contributed by atoms with Crippen LogP contribution >= 0.6 is 11.8 Å². The Bertz CT molecular complexity index is 1020. The molecule has 0 fully saturated rings. The highest BCUT2D eigenvalue weighted by Gasteiger charge is 2.16. The lowest BCUT2D eigenvalue weighted by Gasteiger charge is -2.08. The predicted molar refractivity (Wildman–Crippen MR) is 109 cm³/mol. The molecule has 0 atom stereocenters. The third-order valence-corrected chi connectivity index (χ3v) is 5.09. The number of amides is 1. The summed E-state index contributed by atoms with van der Waals surface area (Å²) in [7, 11) is 3.45. The first kappa shape index (κ1) is 19.6. The zero-order valence-electron chi connectivity index (χ0n) is 15.8. The molecule has 0 radical (unpaired) electrons. The van der Waals surface area contributed by atoms with Crippen LogP contribution < -0.4 is 10.1 Å². The fourth-order valence-corrected chi connectivity index (χ4v) is 3.36. The average Bonchev–Trinajstić information content (AvgIpc) is 3.06. The van der Waals surface area contributed by atoms with Gasteiger partial charge < -0.3 is 14.6 Å². The van der Waals surface area contributed by atoms with Gasteiger partial charge >= 0.3 is 0 Å². The van der Waals surface area contributed by atoms with Crippen molar-refractivity contribution in [3.63, 3.8) is 0 Å². The van der Waals surface area contributed by atoms with Gasteiger partial charge in [-0.2, -0.15) is 0 Å². The summed E-state index contributed by atoms with van der Waals surface area (Å²) >= 11 is 1.28. The first-order valence-corrected chi connectivity index (χ1v) is 9.54. The molecule has 1 amide bonds. The van der Waals surface area contributed by atoms with Crippen molar-refractivity contribution >= 4 is 29.1 Å². The van der Waals surface area contributed by atoms with Crippen molar-refractivity contribution < 1.29 is 14.3 Å². The average molecular weight is 396 g/mol. The Hall–Kier alpha value is -3.13. The first-order chi connectivity index (χ1) is 13.5. The Kier molecular flexibility index (Phi) is 6.10. The van der Waals surface area contributed by atoms with Crippen LogP contribution in [0.1, 0.15) is 17.3 Å². The van der Waals surface area contributed by atoms with Crippen molar-refractivity contribution in [2.24, 2.45) is 7.05 Å². The van der Waals surface area contributed by atoms with Crippen molar-refractivity contribution in [3.05, 3.63) is 54.1 Å². The summed E-state index contributed by atoms with van der Waals surface area (Å²) in [4.78, 5) is 23.7. The molecule has 3 rings (SSSR count). The standard InChI is InChI=1S/C20H20N4O3S/c1-13(25)14-7-6-8-15(11-14)21-18(26)12-28-20-23-22-19(24(20)2)16-9-4-5-10-17(16)27-3/h4-11H,12H2,1-3H3,(H,21,26). The minimum absolute atomic E-state index is 0.0478. The second-order valence-corrected chi connectivity index (χ2v) is 6.98. The second-order valence-electron chi connectivity index (χ2n) is 6.04. The van der Waals surface area contributed by atoms with Crippen molar-refractivity contribution in [1.82, 2.24) is 14.8 Å². The summed E-state index contributed by atoms with van der Waals surface area (Å²) in [6.45, 7) is 1.49. The normalized spacial score (nSPS) is 10.5. The van der Waals surface area contributed by atoms with Gasteiger partial charge in [0.15, 0.2) is 16.8 Å². The first-order valence-electron chi connectivity index (χ1n) is 8.56. The second kappa shape index (κ2) is 8.71. The number of benzene rings is 2. The van der Waals surface area contributed by atoms with Crippen LogP contribution in [0.5, 0.6) is 5.75 Å². The summed E-state index contributed by atoms with van der Waals surface area (Å²) in [5.74, 6) is 1.30. The Balaban J connectivity index is 1.67. The zero-order valence-corrected chi connectivity index (χ0v) is 16.6. The van der Waals surface area contributed by atoms with Crippen molar-refractivity contribution in [2.45, 2.75) is 12.1 Å². The van der Waals surface area contributed by atoms with Crippen LogP contribution in [-0.2, 0) is 11.8 Å². The molecule has 7 nitrogen and oxygen atoms in total. The lowest BCUT2D eigenvalue weighted by Crippen LogP contribution is -2.14. The highest BCUT2D eigenvalue weighted by molar-refractivity contribution is 7.99. The summed E-state index contributed by atoms with van der Waals surface area (Å²) in [6.07, 6.45) is 0. The molecule has 8 heteroatoms. The van der Waals surface area contributed by atoms with E-state index in [1.54, 1.807) is 31.4 Å². The van der Waals surface area contributed by atoms with Gasteiger partial charge in [-0.3, -0.25) is 9.59 Å². The highest BCUT2D eigenvalue weighted by Crippen LogP contribution is 2.30. The number of ketones is 1. The van der Waals surface area contributed by atoms with Crippen LogP contribution in [0.2, 0.25) is 0 Å². The van der Waals surface area contributed by atoms with Crippen LogP contribution in [0.3, 0.4) is 0 Å². The molecule has 0 saturated carbocycles. The zero-order chi connectivity index (χ0) is 20.1. The molecular formula is C20H20N4O3S. The highest BCUT2D eigenvalue weighted by atomic mass is 32.2. The maximum absolute atomic E-state index is 12.3. The number of ether oxygens (including phenoxy) is 1. The lowest BCUT2D eigenvalue weighted by molar-refractivity contribution is -0.113. The van der Waals surface area contributed by atoms with Crippen LogP contribution in [0.4, 0.5) is 5.69 Å². The predicted octanol–water partition coefficient (Wildman–Crippen LogP) is 3.42. The maximum Gasteiger partial charge on any atom is 0.234 e. The summed E-state index contributed by atoms with van der Waals surface area (Å²) in [5, 5.41) is 11.8. The van der Waals surface area contributed by atoms with E-state index < -0.39 is 0 Å². The van der Waals surface area contributed by atoms with E-state index in [0.29, 0.717) is 28.0 Å². The summed E-state index contributed by atoms with van der Waals surface area (Å²) < 4.78 is 7.20. The minimum atomic E-state index is -0.187. The van der Waals surface area contributed by atoms with Gasteiger partial charge in [-0.1, -0.05) is 36.0 Å². The third kappa shape index (κ3) is 4.40. The number of thioether (sulfide) groups is 1. The van der Waals surface area contributed by atoms with Crippen LogP contribution in [-0.4, -0.2) is 39.3 Å². The Labute approximate surface area is 167 Å². The van der Waals surface area contributed by atoms with Crippen molar-refractivity contribution in [3.8, 4) is 17.1 Å². The van der Waals surface area contributed by atoms with Gasteiger partial charge in [0.1, 0.15) is 5.75 Å². The number of para-hydroxylation sites is 1. The van der Waals surface area contributed by atoms with E-state index in [9.17, 15) is 9.59 Å². The van der Waals surface area contributed by atoms with Gasteiger partial charge in [-0.15, -0.1) is 10.2 Å². The molecular weight excluding hydrogens is 376 g/mol. The summed E-state index contributed by atoms with van der Waals surface area (Å²) in [5.41, 5.74) is 1.98. The van der Waals surface area contributed by atoms with Gasteiger partial charge in [0.25, 0.3) is 0 Å². The van der Waals surface area contributed by atoms with Crippen LogP contribution in [0, 0.1) is 0 Å². The molecule has 0 saturated heterocycles. The van der Waals surface area contributed by atoms with Gasteiger partial charge in [0.2, 0.25) is 5.91 Å². The molecule has 0 spiro atoms. The maximum atomic E-state index is 12.3. The van der Waals surface area contributed by atoms with E-state index in [2.05, 4.69) is 15.5 Å². The number of carbonyl (C=O) groups excluding carboxylic acids is 2. The largest absolute Gasteiger partial charge is 0.496 e. The quantitative estimate of drug-likeness (QED) is 0.486. The number of anilines is 1. The van der Waals surface area contributed by atoms with Gasteiger partial charge in [0, 0.05) is 18.3 Å². The number of hydrogen-bond donors (Lipinski definition) is 1. The van der Waals surface area contributed by atoms with Crippen molar-refractivity contribution in [1.29, 1.82) is 0 Å². The fraction of sp³-hybridized carbons (Fsp3) is 0.200. The number of carbonyl (C=O) groups is 2. The van der Waals surface area contributed by atoms with E-state index >= 15 is 0 Å².